The fourth-order valence-corrected chi connectivity index (χ4v) is 8.95. The number of nitrogens with one attached hydrogen (secondary N) is 4. The van der Waals surface area contributed by atoms with E-state index in [4.69, 9.17) is 9.47 Å². The number of rotatable bonds is 31. The molecule has 0 spiro atoms. The maximum atomic E-state index is 13.2. The standard InChI is InChI=1S/C34H51N5O7.C20H39N3O4.C3H8/c1-8-22(2)11-9-12-23(3)32(46-7)24(4)34(45)38(6)18-17-26-13-10-14-27(19-26)37-28(40)20-35-33(44)25(5)36-29(41)21-39-30(42)15-16-31(39)43;1-10-14(4)19(16(27-9)11-15(5)24)23(8)17(25)12-21-20(26)18(13(2)3)22(6)7;1-3-2/h10,13-16,19,22-25,32H,8-9,11-12,17-18,20-21H2,1-7H3,(H,35,44)(H,36,41)(H,37,40);13-14,16,18-19H,10-12H2,1-9H3,(H,21,26);3H2,1-2H3. The fraction of sp³-hybridized carbons (Fsp3) is 0.702. The van der Waals surface area contributed by atoms with E-state index in [1.807, 2.05) is 65.7 Å². The Morgan fingerprint density at radius 3 is 1.84 bits per heavy atom. The zero-order valence-electron chi connectivity index (χ0n) is 49.5. The Labute approximate surface area is 455 Å². The van der Waals surface area contributed by atoms with Crippen molar-refractivity contribution in [1.29, 1.82) is 0 Å². The van der Waals surface area contributed by atoms with Gasteiger partial charge in [0, 0.05) is 59.1 Å². The minimum absolute atomic E-state index is 0.0232. The quantitative estimate of drug-likeness (QED) is 0.0662. The van der Waals surface area contributed by atoms with Crippen molar-refractivity contribution in [2.24, 2.45) is 29.6 Å². The van der Waals surface area contributed by atoms with E-state index < -0.39 is 42.1 Å². The van der Waals surface area contributed by atoms with Gasteiger partial charge < -0.3 is 40.5 Å². The van der Waals surface area contributed by atoms with E-state index in [9.17, 15) is 43.2 Å². The van der Waals surface area contributed by atoms with Crippen molar-refractivity contribution >= 4 is 58.7 Å². The van der Waals surface area contributed by atoms with E-state index in [1.54, 1.807) is 50.2 Å². The molecule has 0 aromatic heterocycles. The van der Waals surface area contributed by atoms with E-state index in [0.717, 1.165) is 41.9 Å². The van der Waals surface area contributed by atoms with Crippen LogP contribution in [0.3, 0.4) is 0 Å². The number of likely N-dealkylation sites (N-methyl/N-ethyl adjacent to an activating group) is 3. The molecule has 0 radical (unpaired) electrons. The Bertz CT molecular complexity index is 2000. The highest BCUT2D eigenvalue weighted by atomic mass is 16.5. The molecule has 1 heterocycles. The van der Waals surface area contributed by atoms with Crippen molar-refractivity contribution < 1.29 is 52.6 Å². The second-order valence-electron chi connectivity index (χ2n) is 20.9. The van der Waals surface area contributed by atoms with E-state index >= 15 is 0 Å². The van der Waals surface area contributed by atoms with Crippen LogP contribution in [-0.4, -0.2) is 172 Å². The molecule has 4 N–H and O–H groups in total. The molecule has 0 fully saturated rings. The number of nitrogens with zero attached hydrogens (tertiary/aromatic N) is 4. The van der Waals surface area contributed by atoms with Gasteiger partial charge in [-0.05, 0) is 82.2 Å². The SMILES string of the molecule is CCC.CCC(C)C(C(CC(C)=O)OC)N(C)C(=O)CNC(=O)C(C(C)C)N(C)C.CCC(C)CCCC(C)C(OC)C(C)C(=O)N(C)CCc1cccc(NC(=O)CNC(=O)C(C)NC(=O)CN2C(=O)C=CC2=O)c1. The van der Waals surface area contributed by atoms with Crippen LogP contribution < -0.4 is 21.3 Å². The van der Waals surface area contributed by atoms with Gasteiger partial charge in [-0.3, -0.25) is 53.0 Å². The molecule has 9 unspecified atom stereocenters. The zero-order chi connectivity index (χ0) is 58.4. The van der Waals surface area contributed by atoms with Crippen LogP contribution in [0.15, 0.2) is 36.4 Å². The van der Waals surface area contributed by atoms with Crippen molar-refractivity contribution in [2.45, 2.75) is 165 Å². The highest BCUT2D eigenvalue weighted by Gasteiger charge is 2.35. The van der Waals surface area contributed by atoms with Gasteiger partial charge in [-0.2, -0.15) is 0 Å². The number of imide groups is 1. The number of anilines is 1. The summed E-state index contributed by atoms with van der Waals surface area (Å²) >= 11 is 0. The van der Waals surface area contributed by atoms with Crippen LogP contribution in [0.2, 0.25) is 0 Å². The Hall–Kier alpha value is -5.53. The Kier molecular flexibility index (Phi) is 34.6. The van der Waals surface area contributed by atoms with Crippen LogP contribution in [0, 0.1) is 29.6 Å². The first kappa shape index (κ1) is 70.5. The molecule has 2 rings (SSSR count). The predicted octanol–water partition coefficient (Wildman–Crippen LogP) is 5.65. The number of carbonyl (C=O) groups is 9. The third-order valence-electron chi connectivity index (χ3n) is 13.6. The normalized spacial score (nSPS) is 15.6. The topological polar surface area (TPSA) is 233 Å². The molecule has 1 aliphatic rings. The average Bonchev–Trinajstić information content (AvgIpc) is 3.67. The molecular formula is C57H98N8O11. The summed E-state index contributed by atoms with van der Waals surface area (Å²) < 4.78 is 11.3. The predicted molar refractivity (Wildman–Crippen MR) is 299 cm³/mol. The Morgan fingerprint density at radius 2 is 1.33 bits per heavy atom. The molecule has 0 aliphatic carbocycles. The summed E-state index contributed by atoms with van der Waals surface area (Å²) in [5.74, 6) is -2.27. The Balaban J connectivity index is 0.00000159. The number of ketones is 1. The third-order valence-corrected chi connectivity index (χ3v) is 13.6. The average molecular weight is 1070 g/mol. The van der Waals surface area contributed by atoms with Crippen LogP contribution in [-0.2, 0) is 59.0 Å². The van der Waals surface area contributed by atoms with Gasteiger partial charge >= 0.3 is 0 Å². The summed E-state index contributed by atoms with van der Waals surface area (Å²) in [5.41, 5.74) is 1.47. The molecule has 19 heteroatoms. The van der Waals surface area contributed by atoms with Crippen molar-refractivity contribution in [3.8, 4) is 0 Å². The van der Waals surface area contributed by atoms with E-state index in [1.165, 1.54) is 33.1 Å². The number of Topliss-reactive ketones (excluding diaryl/α,β-unsaturated/α-hetero) is 1. The van der Waals surface area contributed by atoms with Crippen LogP contribution in [0.1, 0.15) is 134 Å². The number of methoxy groups -OCH3 is 2. The van der Waals surface area contributed by atoms with Gasteiger partial charge in [0.2, 0.25) is 35.4 Å². The van der Waals surface area contributed by atoms with E-state index in [-0.39, 0.29) is 91.0 Å². The minimum atomic E-state index is -0.996. The maximum absolute atomic E-state index is 13.2. The van der Waals surface area contributed by atoms with Gasteiger partial charge in [0.15, 0.2) is 0 Å². The van der Waals surface area contributed by atoms with Crippen LogP contribution in [0.5, 0.6) is 0 Å². The summed E-state index contributed by atoms with van der Waals surface area (Å²) in [6.07, 6.45) is 9.04. The second-order valence-corrected chi connectivity index (χ2v) is 20.9. The maximum Gasteiger partial charge on any atom is 0.254 e. The number of carbonyl (C=O) groups excluding carboxylic acids is 9. The highest BCUT2D eigenvalue weighted by Crippen LogP contribution is 2.25. The number of hydrogen-bond donors (Lipinski definition) is 4. The van der Waals surface area contributed by atoms with Crippen molar-refractivity contribution in [3.05, 3.63) is 42.0 Å². The van der Waals surface area contributed by atoms with Gasteiger partial charge in [-0.15, -0.1) is 0 Å². The second kappa shape index (κ2) is 37.3. The number of benzene rings is 1. The molecule has 0 saturated carbocycles. The minimum Gasteiger partial charge on any atom is -0.380 e. The lowest BCUT2D eigenvalue weighted by Gasteiger charge is -2.37. The lowest BCUT2D eigenvalue weighted by Crippen LogP contribution is -2.54. The molecule has 8 amide bonds. The molecule has 1 aliphatic heterocycles. The van der Waals surface area contributed by atoms with Gasteiger partial charge in [-0.25, -0.2) is 0 Å². The summed E-state index contributed by atoms with van der Waals surface area (Å²) in [6.45, 7) is 23.4. The van der Waals surface area contributed by atoms with Crippen LogP contribution >= 0.6 is 0 Å². The first-order valence-corrected chi connectivity index (χ1v) is 27.1. The summed E-state index contributed by atoms with van der Waals surface area (Å²) in [6, 6.07) is 5.74. The van der Waals surface area contributed by atoms with Crippen molar-refractivity contribution in [2.75, 3.05) is 73.9 Å². The molecule has 0 saturated heterocycles. The lowest BCUT2D eigenvalue weighted by molar-refractivity contribution is -0.141. The van der Waals surface area contributed by atoms with Gasteiger partial charge in [0.05, 0.1) is 43.3 Å². The Morgan fingerprint density at radius 1 is 0.737 bits per heavy atom. The van der Waals surface area contributed by atoms with Gasteiger partial charge in [0.25, 0.3) is 11.8 Å². The van der Waals surface area contributed by atoms with Crippen LogP contribution in [0.4, 0.5) is 5.69 Å². The monoisotopic (exact) mass is 1070 g/mol. The van der Waals surface area contributed by atoms with Crippen molar-refractivity contribution in [3.63, 3.8) is 0 Å². The largest absolute Gasteiger partial charge is 0.380 e. The van der Waals surface area contributed by atoms with Crippen LogP contribution in [0.25, 0.3) is 0 Å². The third kappa shape index (κ3) is 25.5. The van der Waals surface area contributed by atoms with E-state index in [0.29, 0.717) is 24.6 Å². The smallest absolute Gasteiger partial charge is 0.254 e. The highest BCUT2D eigenvalue weighted by molar-refractivity contribution is 6.14. The zero-order valence-corrected chi connectivity index (χ0v) is 49.5. The molecule has 0 bridgehead atoms. The van der Waals surface area contributed by atoms with Crippen molar-refractivity contribution in [1.82, 2.24) is 35.6 Å². The number of amides is 8. The number of ether oxygens (including phenoxy) is 2. The molecule has 1 aromatic rings. The van der Waals surface area contributed by atoms with Gasteiger partial charge in [-0.1, -0.05) is 113 Å². The fourth-order valence-electron chi connectivity index (χ4n) is 8.95. The molecule has 432 valence electrons. The summed E-state index contributed by atoms with van der Waals surface area (Å²) in [4.78, 5) is 116. The molecule has 76 heavy (non-hydrogen) atoms. The van der Waals surface area contributed by atoms with Gasteiger partial charge in [0.1, 0.15) is 18.4 Å². The molecule has 19 nitrogen and oxygen atoms in total. The molecular weight excluding hydrogens is 973 g/mol. The van der Waals surface area contributed by atoms with E-state index in [2.05, 4.69) is 55.9 Å². The molecule has 1 aromatic carbocycles. The lowest BCUT2D eigenvalue weighted by atomic mass is 9.87. The first-order valence-electron chi connectivity index (χ1n) is 27.1. The number of hydrogen-bond acceptors (Lipinski definition) is 12. The first-order chi connectivity index (χ1) is 35.6. The summed E-state index contributed by atoms with van der Waals surface area (Å²) in [7, 11) is 10.4. The summed E-state index contributed by atoms with van der Waals surface area (Å²) in [5, 5.41) is 10.4. The molecule has 9 atom stereocenters.